The molecule has 3 nitrogen and oxygen atoms in total. The van der Waals surface area contributed by atoms with Crippen LogP contribution < -0.4 is 10.1 Å². The first kappa shape index (κ1) is 9.85. The van der Waals surface area contributed by atoms with Gasteiger partial charge in [-0.2, -0.15) is 0 Å². The van der Waals surface area contributed by atoms with Crippen molar-refractivity contribution >= 4 is 5.57 Å². The fourth-order valence-electron chi connectivity index (χ4n) is 2.71. The lowest BCUT2D eigenvalue weighted by Gasteiger charge is -2.19. The Kier molecular flexibility index (Phi) is 2.40. The van der Waals surface area contributed by atoms with Gasteiger partial charge in [-0.25, -0.2) is 0 Å². The molecule has 1 aliphatic heterocycles. The number of aromatic nitrogens is 1. The van der Waals surface area contributed by atoms with Crippen LogP contribution >= 0.6 is 0 Å². The van der Waals surface area contributed by atoms with Gasteiger partial charge in [0.25, 0.3) is 0 Å². The third-order valence-electron chi connectivity index (χ3n) is 3.57. The van der Waals surface area contributed by atoms with Crippen molar-refractivity contribution in [1.29, 1.82) is 0 Å². The number of nitrogens with one attached hydrogen (secondary N) is 1. The van der Waals surface area contributed by atoms with E-state index in [0.717, 1.165) is 18.7 Å². The van der Waals surface area contributed by atoms with Gasteiger partial charge in [-0.3, -0.25) is 4.98 Å². The fourth-order valence-corrected chi connectivity index (χ4v) is 2.71. The average Bonchev–Trinajstić information content (AvgIpc) is 2.71. The second-order valence-electron chi connectivity index (χ2n) is 4.55. The summed E-state index contributed by atoms with van der Waals surface area (Å²) in [4.78, 5) is 4.23. The Bertz CT molecular complexity index is 428. The van der Waals surface area contributed by atoms with E-state index in [2.05, 4.69) is 22.4 Å². The smallest absolute Gasteiger partial charge is 0.137 e. The van der Waals surface area contributed by atoms with E-state index in [1.807, 2.05) is 6.20 Å². The van der Waals surface area contributed by atoms with E-state index < -0.39 is 0 Å². The highest BCUT2D eigenvalue weighted by Gasteiger charge is 2.30. The summed E-state index contributed by atoms with van der Waals surface area (Å²) >= 11 is 0. The predicted molar refractivity (Wildman–Crippen MR) is 63.3 cm³/mol. The molecule has 84 valence electrons. The van der Waals surface area contributed by atoms with Gasteiger partial charge in [-0.15, -0.1) is 0 Å². The molecule has 1 N–H and O–H groups in total. The number of nitrogens with zero attached hydrogens (tertiary/aromatic N) is 1. The highest BCUT2D eigenvalue weighted by atomic mass is 16.5. The SMILES string of the molecule is COc1cncc(C2=CCC3CC2CN3)c1. The standard InChI is InChI=1S/C13H16N2O/c1-16-12-5-10(6-14-8-12)13-3-2-11-4-9(13)7-15-11/h3,5-6,8-9,11,15H,2,4,7H2,1H3. The maximum Gasteiger partial charge on any atom is 0.137 e. The molecule has 3 heteroatoms. The third kappa shape index (κ3) is 1.61. The monoisotopic (exact) mass is 216 g/mol. The molecule has 1 fully saturated rings. The van der Waals surface area contributed by atoms with Crippen molar-refractivity contribution in [2.75, 3.05) is 13.7 Å². The molecule has 0 saturated carbocycles. The van der Waals surface area contributed by atoms with Gasteiger partial charge in [-0.05, 0) is 36.0 Å². The molecule has 0 aromatic carbocycles. The summed E-state index contributed by atoms with van der Waals surface area (Å²) in [5.41, 5.74) is 2.65. The van der Waals surface area contributed by atoms with Crippen LogP contribution in [0.3, 0.4) is 0 Å². The largest absolute Gasteiger partial charge is 0.495 e. The van der Waals surface area contributed by atoms with E-state index in [1.165, 1.54) is 17.6 Å². The van der Waals surface area contributed by atoms with E-state index in [-0.39, 0.29) is 0 Å². The van der Waals surface area contributed by atoms with Gasteiger partial charge in [0.2, 0.25) is 0 Å². The molecular formula is C13H16N2O. The normalized spacial score (nSPS) is 27.7. The molecule has 16 heavy (non-hydrogen) atoms. The van der Waals surface area contributed by atoms with Gasteiger partial charge in [0.15, 0.2) is 0 Å². The zero-order valence-corrected chi connectivity index (χ0v) is 9.44. The maximum absolute atomic E-state index is 5.22. The first-order chi connectivity index (χ1) is 7.86. The number of hydrogen-bond acceptors (Lipinski definition) is 3. The Labute approximate surface area is 95.5 Å². The second kappa shape index (κ2) is 3.91. The zero-order chi connectivity index (χ0) is 11.0. The van der Waals surface area contributed by atoms with Crippen LogP contribution in [-0.4, -0.2) is 24.7 Å². The summed E-state index contributed by atoms with van der Waals surface area (Å²) in [5.74, 6) is 1.50. The number of methoxy groups -OCH3 is 1. The van der Waals surface area contributed by atoms with Crippen molar-refractivity contribution in [1.82, 2.24) is 10.3 Å². The van der Waals surface area contributed by atoms with Crippen LogP contribution in [0, 0.1) is 5.92 Å². The number of fused-ring (bicyclic) bond motifs is 2. The Morgan fingerprint density at radius 1 is 1.44 bits per heavy atom. The van der Waals surface area contributed by atoms with Gasteiger partial charge in [-0.1, -0.05) is 6.08 Å². The lowest BCUT2D eigenvalue weighted by Crippen LogP contribution is -2.19. The minimum Gasteiger partial charge on any atom is -0.495 e. The minimum atomic E-state index is 0.660. The molecule has 2 bridgehead atoms. The summed E-state index contributed by atoms with van der Waals surface area (Å²) in [6.45, 7) is 1.10. The van der Waals surface area contributed by atoms with Crippen LogP contribution in [0.2, 0.25) is 0 Å². The van der Waals surface area contributed by atoms with Crippen LogP contribution in [0.4, 0.5) is 0 Å². The molecule has 0 radical (unpaired) electrons. The molecule has 1 aromatic rings. The number of hydrogen-bond donors (Lipinski definition) is 1. The van der Waals surface area contributed by atoms with E-state index in [0.29, 0.717) is 12.0 Å². The molecule has 1 aromatic heterocycles. The zero-order valence-electron chi connectivity index (χ0n) is 9.44. The van der Waals surface area contributed by atoms with Gasteiger partial charge in [0.1, 0.15) is 5.75 Å². The van der Waals surface area contributed by atoms with Crippen LogP contribution in [0.5, 0.6) is 5.75 Å². The lowest BCUT2D eigenvalue weighted by molar-refractivity contribution is 0.412. The highest BCUT2D eigenvalue weighted by Crippen LogP contribution is 2.36. The number of pyridine rings is 1. The molecule has 2 unspecified atom stereocenters. The molecular weight excluding hydrogens is 200 g/mol. The average molecular weight is 216 g/mol. The van der Waals surface area contributed by atoms with Crippen LogP contribution in [0.15, 0.2) is 24.5 Å². The van der Waals surface area contributed by atoms with E-state index in [1.54, 1.807) is 13.3 Å². The molecule has 0 spiro atoms. The maximum atomic E-state index is 5.22. The molecule has 0 amide bonds. The summed E-state index contributed by atoms with van der Waals surface area (Å²) < 4.78 is 5.22. The molecule has 1 saturated heterocycles. The fraction of sp³-hybridized carbons (Fsp3) is 0.462. The topological polar surface area (TPSA) is 34.1 Å². The first-order valence-corrected chi connectivity index (χ1v) is 5.79. The lowest BCUT2D eigenvalue weighted by atomic mass is 9.85. The molecule has 3 rings (SSSR count). The van der Waals surface area contributed by atoms with E-state index in [9.17, 15) is 0 Å². The van der Waals surface area contributed by atoms with Crippen molar-refractivity contribution in [3.05, 3.63) is 30.1 Å². The number of ether oxygens (including phenoxy) is 1. The highest BCUT2D eigenvalue weighted by molar-refractivity contribution is 5.69. The van der Waals surface area contributed by atoms with Crippen molar-refractivity contribution in [2.24, 2.45) is 5.92 Å². The molecule has 2 heterocycles. The molecule has 2 atom stereocenters. The molecule has 2 aliphatic rings. The van der Waals surface area contributed by atoms with Crippen molar-refractivity contribution < 1.29 is 4.74 Å². The number of rotatable bonds is 2. The molecule has 1 aliphatic carbocycles. The van der Waals surface area contributed by atoms with Crippen LogP contribution in [0.25, 0.3) is 5.57 Å². The summed E-state index contributed by atoms with van der Waals surface area (Å²) in [5, 5.41) is 3.54. The quantitative estimate of drug-likeness (QED) is 0.819. The van der Waals surface area contributed by atoms with Gasteiger partial charge in [0, 0.05) is 18.8 Å². The summed E-state index contributed by atoms with van der Waals surface area (Å²) in [7, 11) is 1.68. The third-order valence-corrected chi connectivity index (χ3v) is 3.57. The Hall–Kier alpha value is -1.35. The summed E-state index contributed by atoms with van der Waals surface area (Å²) in [6, 6.07) is 2.78. The van der Waals surface area contributed by atoms with Crippen molar-refractivity contribution in [2.45, 2.75) is 18.9 Å². The Morgan fingerprint density at radius 3 is 3.25 bits per heavy atom. The van der Waals surface area contributed by atoms with Crippen molar-refractivity contribution in [3.8, 4) is 5.75 Å². The van der Waals surface area contributed by atoms with E-state index in [4.69, 9.17) is 4.74 Å². The van der Waals surface area contributed by atoms with Crippen molar-refractivity contribution in [3.63, 3.8) is 0 Å². The van der Waals surface area contributed by atoms with Gasteiger partial charge < -0.3 is 10.1 Å². The summed E-state index contributed by atoms with van der Waals surface area (Å²) in [6.07, 6.45) is 8.46. The minimum absolute atomic E-state index is 0.660. The Balaban J connectivity index is 1.94. The van der Waals surface area contributed by atoms with Crippen LogP contribution in [-0.2, 0) is 0 Å². The Morgan fingerprint density at radius 2 is 2.38 bits per heavy atom. The second-order valence-corrected chi connectivity index (χ2v) is 4.55. The predicted octanol–water partition coefficient (Wildman–Crippen LogP) is 1.86. The van der Waals surface area contributed by atoms with Crippen LogP contribution in [0.1, 0.15) is 18.4 Å². The van der Waals surface area contributed by atoms with Gasteiger partial charge in [0.05, 0.1) is 13.3 Å². The van der Waals surface area contributed by atoms with Gasteiger partial charge >= 0.3 is 0 Å². The van der Waals surface area contributed by atoms with E-state index >= 15 is 0 Å². The first-order valence-electron chi connectivity index (χ1n) is 5.79.